The maximum atomic E-state index is 13.1. The molecule has 132 valence electrons. The Hall–Kier alpha value is -2.19. The summed E-state index contributed by atoms with van der Waals surface area (Å²) in [5.41, 5.74) is -0.152. The van der Waals surface area contributed by atoms with Crippen molar-refractivity contribution in [3.63, 3.8) is 0 Å². The van der Waals surface area contributed by atoms with Crippen LogP contribution in [-0.4, -0.2) is 41.5 Å². The highest BCUT2D eigenvalue weighted by atomic mass is 19.4. The van der Waals surface area contributed by atoms with E-state index in [4.69, 9.17) is 0 Å². The Labute approximate surface area is 134 Å². The largest absolute Gasteiger partial charge is 0.408 e. The molecule has 9 heteroatoms. The van der Waals surface area contributed by atoms with Gasteiger partial charge in [0.2, 0.25) is 5.91 Å². The maximum absolute atomic E-state index is 13.1. The molecule has 1 N–H and O–H groups in total. The van der Waals surface area contributed by atoms with Crippen LogP contribution in [0.2, 0.25) is 0 Å². The quantitative estimate of drug-likeness (QED) is 0.834. The van der Waals surface area contributed by atoms with Crippen LogP contribution in [0.4, 0.5) is 22.0 Å². The van der Waals surface area contributed by atoms with Gasteiger partial charge in [0.25, 0.3) is 5.91 Å². The van der Waals surface area contributed by atoms with Gasteiger partial charge in [-0.15, -0.1) is 0 Å². The molecule has 1 aromatic carbocycles. The Kier molecular flexibility index (Phi) is 5.10. The number of piperidine rings is 1. The van der Waals surface area contributed by atoms with Crippen molar-refractivity contribution in [2.45, 2.75) is 38.0 Å². The molecule has 1 heterocycles. The van der Waals surface area contributed by atoms with Crippen molar-refractivity contribution in [3.8, 4) is 0 Å². The molecule has 1 aliphatic heterocycles. The van der Waals surface area contributed by atoms with Gasteiger partial charge in [0.15, 0.2) is 11.6 Å². The van der Waals surface area contributed by atoms with Gasteiger partial charge in [-0.3, -0.25) is 9.59 Å². The van der Waals surface area contributed by atoms with Gasteiger partial charge in [-0.2, -0.15) is 13.2 Å². The number of rotatable bonds is 2. The zero-order chi connectivity index (χ0) is 18.1. The van der Waals surface area contributed by atoms with E-state index in [9.17, 15) is 31.5 Å². The summed E-state index contributed by atoms with van der Waals surface area (Å²) >= 11 is 0. The Morgan fingerprint density at radius 2 is 1.83 bits per heavy atom. The minimum Gasteiger partial charge on any atom is -0.348 e. The lowest BCUT2D eigenvalue weighted by Gasteiger charge is -2.40. The van der Waals surface area contributed by atoms with Crippen molar-refractivity contribution in [1.29, 1.82) is 0 Å². The summed E-state index contributed by atoms with van der Waals surface area (Å²) in [6.07, 6.45) is -4.87. The van der Waals surface area contributed by atoms with Gasteiger partial charge in [-0.1, -0.05) is 0 Å². The summed E-state index contributed by atoms with van der Waals surface area (Å²) in [7, 11) is 0. The number of alkyl halides is 3. The van der Waals surface area contributed by atoms with Crippen molar-refractivity contribution < 1.29 is 31.5 Å². The fourth-order valence-corrected chi connectivity index (χ4v) is 2.68. The van der Waals surface area contributed by atoms with Gasteiger partial charge in [0.1, 0.15) is 6.04 Å². The van der Waals surface area contributed by atoms with E-state index >= 15 is 0 Å². The minimum absolute atomic E-state index is 0.0172. The van der Waals surface area contributed by atoms with Crippen molar-refractivity contribution in [1.82, 2.24) is 10.2 Å². The molecule has 1 aromatic rings. The van der Waals surface area contributed by atoms with Gasteiger partial charge in [-0.25, -0.2) is 8.78 Å². The second kappa shape index (κ2) is 6.74. The number of nitrogens with zero attached hydrogens (tertiary/aromatic N) is 1. The SMILES string of the molecule is CC(=O)N1CC(NC(=O)c2ccc(F)c(F)c2)CCC1C(F)(F)F. The van der Waals surface area contributed by atoms with E-state index < -0.39 is 41.7 Å². The van der Waals surface area contributed by atoms with Gasteiger partial charge >= 0.3 is 6.18 Å². The van der Waals surface area contributed by atoms with E-state index in [0.717, 1.165) is 19.1 Å². The number of amides is 2. The van der Waals surface area contributed by atoms with Crippen molar-refractivity contribution in [2.24, 2.45) is 0 Å². The minimum atomic E-state index is -4.54. The molecule has 24 heavy (non-hydrogen) atoms. The third-order valence-electron chi connectivity index (χ3n) is 3.88. The summed E-state index contributed by atoms with van der Waals surface area (Å²) in [5.74, 6) is -3.80. The Morgan fingerprint density at radius 1 is 1.17 bits per heavy atom. The van der Waals surface area contributed by atoms with Gasteiger partial charge in [0, 0.05) is 25.1 Å². The second-order valence-corrected chi connectivity index (χ2v) is 5.61. The van der Waals surface area contributed by atoms with Crippen LogP contribution in [0.15, 0.2) is 18.2 Å². The highest BCUT2D eigenvalue weighted by Gasteiger charge is 2.47. The molecule has 2 amide bonds. The first-order valence-corrected chi connectivity index (χ1v) is 7.19. The molecule has 1 fully saturated rings. The predicted molar refractivity (Wildman–Crippen MR) is 74.1 cm³/mol. The Bertz CT molecular complexity index is 647. The average molecular weight is 350 g/mol. The average Bonchev–Trinajstić information content (AvgIpc) is 2.48. The number of benzene rings is 1. The van der Waals surface area contributed by atoms with E-state index in [-0.39, 0.29) is 24.9 Å². The summed E-state index contributed by atoms with van der Waals surface area (Å²) in [5, 5.41) is 2.45. The number of carbonyl (C=O) groups excluding carboxylic acids is 2. The molecule has 0 saturated carbocycles. The van der Waals surface area contributed by atoms with E-state index in [0.29, 0.717) is 11.0 Å². The molecule has 1 aliphatic rings. The molecule has 4 nitrogen and oxygen atoms in total. The molecule has 0 spiro atoms. The zero-order valence-electron chi connectivity index (χ0n) is 12.7. The van der Waals surface area contributed by atoms with Crippen LogP contribution < -0.4 is 5.32 Å². The summed E-state index contributed by atoms with van der Waals surface area (Å²) in [4.78, 5) is 24.1. The molecule has 0 aliphatic carbocycles. The standard InChI is InChI=1S/C15H15F5N2O2/c1-8(23)22-7-10(3-5-13(22)15(18,19)20)21-14(24)9-2-4-11(16)12(17)6-9/h2,4,6,10,13H,3,5,7H2,1H3,(H,21,24). The molecule has 0 radical (unpaired) electrons. The predicted octanol–water partition coefficient (Wildman–Crippen LogP) is 2.64. The van der Waals surface area contributed by atoms with Gasteiger partial charge in [0.05, 0.1) is 0 Å². The molecular formula is C15H15F5N2O2. The van der Waals surface area contributed by atoms with Crippen LogP contribution in [0, 0.1) is 11.6 Å². The van der Waals surface area contributed by atoms with E-state index in [2.05, 4.69) is 5.32 Å². The molecular weight excluding hydrogens is 335 g/mol. The monoisotopic (exact) mass is 350 g/mol. The summed E-state index contributed by atoms with van der Waals surface area (Å²) in [6.45, 7) is 0.729. The van der Waals surface area contributed by atoms with E-state index in [1.54, 1.807) is 0 Å². The first-order chi connectivity index (χ1) is 11.1. The number of carbonyl (C=O) groups is 2. The van der Waals surface area contributed by atoms with Gasteiger partial charge in [-0.05, 0) is 31.0 Å². The Balaban J connectivity index is 2.07. The maximum Gasteiger partial charge on any atom is 0.408 e. The zero-order valence-corrected chi connectivity index (χ0v) is 12.7. The number of halogens is 5. The van der Waals surface area contributed by atoms with E-state index in [1.807, 2.05) is 0 Å². The third-order valence-corrected chi connectivity index (χ3v) is 3.88. The Morgan fingerprint density at radius 3 is 2.38 bits per heavy atom. The van der Waals surface area contributed by atoms with Crippen LogP contribution in [-0.2, 0) is 4.79 Å². The van der Waals surface area contributed by atoms with Crippen LogP contribution >= 0.6 is 0 Å². The number of nitrogens with one attached hydrogen (secondary N) is 1. The van der Waals surface area contributed by atoms with Crippen LogP contribution in [0.5, 0.6) is 0 Å². The van der Waals surface area contributed by atoms with Crippen molar-refractivity contribution in [3.05, 3.63) is 35.4 Å². The topological polar surface area (TPSA) is 49.4 Å². The number of likely N-dealkylation sites (tertiary alicyclic amines) is 1. The lowest BCUT2D eigenvalue weighted by Crippen LogP contribution is -2.57. The van der Waals surface area contributed by atoms with Crippen molar-refractivity contribution >= 4 is 11.8 Å². The molecule has 2 unspecified atom stereocenters. The summed E-state index contributed by atoms with van der Waals surface area (Å²) < 4.78 is 64.8. The lowest BCUT2D eigenvalue weighted by atomic mass is 9.97. The third kappa shape index (κ3) is 4.01. The summed E-state index contributed by atoms with van der Waals surface area (Å²) in [6, 6.07) is -0.0289. The lowest BCUT2D eigenvalue weighted by molar-refractivity contribution is -0.196. The second-order valence-electron chi connectivity index (χ2n) is 5.61. The molecule has 2 atom stereocenters. The smallest absolute Gasteiger partial charge is 0.348 e. The molecule has 0 bridgehead atoms. The fraction of sp³-hybridized carbons (Fsp3) is 0.467. The van der Waals surface area contributed by atoms with Crippen LogP contribution in [0.3, 0.4) is 0 Å². The normalized spacial score (nSPS) is 21.5. The number of hydrogen-bond donors (Lipinski definition) is 1. The van der Waals surface area contributed by atoms with Gasteiger partial charge < -0.3 is 10.2 Å². The first-order valence-electron chi connectivity index (χ1n) is 7.19. The molecule has 1 saturated heterocycles. The molecule has 0 aromatic heterocycles. The number of hydrogen-bond acceptors (Lipinski definition) is 2. The first kappa shape index (κ1) is 18.2. The van der Waals surface area contributed by atoms with E-state index in [1.165, 1.54) is 0 Å². The highest BCUT2D eigenvalue weighted by Crippen LogP contribution is 2.32. The molecule has 2 rings (SSSR count). The van der Waals surface area contributed by atoms with Crippen LogP contribution in [0.25, 0.3) is 0 Å². The fourth-order valence-electron chi connectivity index (χ4n) is 2.68. The van der Waals surface area contributed by atoms with Crippen LogP contribution in [0.1, 0.15) is 30.1 Å². The van der Waals surface area contributed by atoms with Crippen molar-refractivity contribution in [2.75, 3.05) is 6.54 Å². The highest BCUT2D eigenvalue weighted by molar-refractivity contribution is 5.94.